The molecule has 0 fully saturated rings. The van der Waals surface area contributed by atoms with Crippen LogP contribution in [0.4, 0.5) is 21.6 Å². The summed E-state index contributed by atoms with van der Waals surface area (Å²) in [6.07, 6.45) is 0. The Labute approximate surface area is 159 Å². The Morgan fingerprint density at radius 1 is 1.30 bits per heavy atom. The summed E-state index contributed by atoms with van der Waals surface area (Å²) in [7, 11) is 3.14. The fourth-order valence-electron chi connectivity index (χ4n) is 2.84. The molecule has 1 heterocycles. The Morgan fingerprint density at radius 2 is 2.04 bits per heavy atom. The molecule has 0 bridgehead atoms. The monoisotopic (exact) mass is 390 g/mol. The summed E-state index contributed by atoms with van der Waals surface area (Å²) >= 11 is 6.21. The normalized spacial score (nSPS) is 10.7. The van der Waals surface area contributed by atoms with E-state index in [1.807, 2.05) is 0 Å². The van der Waals surface area contributed by atoms with Gasteiger partial charge >= 0.3 is 0 Å². The SMILES string of the molecule is COc1ccc(Nc2c(-c3ccc(F)cc3Cl)c(C)nn2C)c([N+](=O)[O-])c1. The Kier molecular flexibility index (Phi) is 5.00. The summed E-state index contributed by atoms with van der Waals surface area (Å²) in [6, 6.07) is 8.56. The third kappa shape index (κ3) is 3.56. The molecule has 0 radical (unpaired) electrons. The molecule has 3 rings (SSSR count). The topological polar surface area (TPSA) is 82.2 Å². The quantitative estimate of drug-likeness (QED) is 0.497. The molecular weight excluding hydrogens is 375 g/mol. The van der Waals surface area contributed by atoms with Crippen molar-refractivity contribution in [2.75, 3.05) is 12.4 Å². The third-order valence-corrected chi connectivity index (χ3v) is 4.39. The fourth-order valence-corrected chi connectivity index (χ4v) is 3.10. The summed E-state index contributed by atoms with van der Waals surface area (Å²) in [5.74, 6) is 0.412. The van der Waals surface area contributed by atoms with E-state index in [1.165, 1.54) is 25.3 Å². The summed E-state index contributed by atoms with van der Waals surface area (Å²) in [6.45, 7) is 1.78. The highest BCUT2D eigenvalue weighted by Gasteiger charge is 2.22. The van der Waals surface area contributed by atoms with E-state index in [1.54, 1.807) is 36.9 Å². The van der Waals surface area contributed by atoms with Gasteiger partial charge < -0.3 is 10.1 Å². The average Bonchev–Trinajstić information content (AvgIpc) is 2.89. The van der Waals surface area contributed by atoms with Crippen LogP contribution in [-0.4, -0.2) is 21.8 Å². The van der Waals surface area contributed by atoms with Crippen molar-refractivity contribution in [3.8, 4) is 16.9 Å². The van der Waals surface area contributed by atoms with Crippen molar-refractivity contribution >= 4 is 28.8 Å². The maximum Gasteiger partial charge on any atom is 0.296 e. The van der Waals surface area contributed by atoms with Crippen molar-refractivity contribution < 1.29 is 14.1 Å². The lowest BCUT2D eigenvalue weighted by Crippen LogP contribution is -2.03. The van der Waals surface area contributed by atoms with Crippen molar-refractivity contribution in [3.63, 3.8) is 0 Å². The first-order chi connectivity index (χ1) is 12.8. The molecular formula is C18H16ClFN4O3. The minimum absolute atomic E-state index is 0.149. The second-order valence-corrected chi connectivity index (χ2v) is 6.23. The summed E-state index contributed by atoms with van der Waals surface area (Å²) in [4.78, 5) is 10.9. The van der Waals surface area contributed by atoms with Gasteiger partial charge in [0.1, 0.15) is 23.1 Å². The molecule has 2 aromatic carbocycles. The van der Waals surface area contributed by atoms with E-state index < -0.39 is 10.7 Å². The molecule has 7 nitrogen and oxygen atoms in total. The van der Waals surface area contributed by atoms with Crippen LogP contribution in [-0.2, 0) is 7.05 Å². The van der Waals surface area contributed by atoms with Crippen molar-refractivity contribution in [1.29, 1.82) is 0 Å². The Hall–Kier alpha value is -3.13. The molecule has 0 aliphatic heterocycles. The molecule has 0 atom stereocenters. The van der Waals surface area contributed by atoms with Gasteiger partial charge in [0, 0.05) is 18.2 Å². The van der Waals surface area contributed by atoms with Crippen LogP contribution in [0, 0.1) is 22.9 Å². The lowest BCUT2D eigenvalue weighted by atomic mass is 10.1. The molecule has 1 N–H and O–H groups in total. The van der Waals surface area contributed by atoms with Crippen molar-refractivity contribution in [1.82, 2.24) is 9.78 Å². The third-order valence-electron chi connectivity index (χ3n) is 4.08. The number of ether oxygens (including phenoxy) is 1. The zero-order valence-electron chi connectivity index (χ0n) is 14.8. The van der Waals surface area contributed by atoms with Crippen LogP contribution in [0.3, 0.4) is 0 Å². The number of halogens is 2. The van der Waals surface area contributed by atoms with Gasteiger partial charge in [-0.1, -0.05) is 11.6 Å². The number of hydrogen-bond donors (Lipinski definition) is 1. The van der Waals surface area contributed by atoms with E-state index in [0.29, 0.717) is 28.4 Å². The molecule has 0 aliphatic rings. The van der Waals surface area contributed by atoms with Gasteiger partial charge in [-0.15, -0.1) is 0 Å². The highest BCUT2D eigenvalue weighted by Crippen LogP contribution is 2.39. The highest BCUT2D eigenvalue weighted by molar-refractivity contribution is 6.33. The average molecular weight is 391 g/mol. The van der Waals surface area contributed by atoms with E-state index in [4.69, 9.17) is 16.3 Å². The number of aromatic nitrogens is 2. The summed E-state index contributed by atoms with van der Waals surface area (Å²) < 4.78 is 20.0. The molecule has 0 spiro atoms. The van der Waals surface area contributed by atoms with Gasteiger partial charge in [-0.3, -0.25) is 14.8 Å². The molecule has 0 unspecified atom stereocenters. The van der Waals surface area contributed by atoms with Gasteiger partial charge in [-0.25, -0.2) is 4.39 Å². The largest absolute Gasteiger partial charge is 0.496 e. The molecule has 0 saturated carbocycles. The predicted molar refractivity (Wildman–Crippen MR) is 101 cm³/mol. The smallest absolute Gasteiger partial charge is 0.296 e. The number of rotatable bonds is 5. The zero-order valence-corrected chi connectivity index (χ0v) is 15.5. The lowest BCUT2D eigenvalue weighted by molar-refractivity contribution is -0.384. The second-order valence-electron chi connectivity index (χ2n) is 5.82. The number of nitrogens with zero attached hydrogens (tertiary/aromatic N) is 3. The van der Waals surface area contributed by atoms with Crippen LogP contribution in [0.5, 0.6) is 5.75 Å². The number of methoxy groups -OCH3 is 1. The van der Waals surface area contributed by atoms with Crippen LogP contribution in [0.2, 0.25) is 5.02 Å². The van der Waals surface area contributed by atoms with E-state index in [0.717, 1.165) is 0 Å². The van der Waals surface area contributed by atoms with E-state index in [-0.39, 0.29) is 16.4 Å². The van der Waals surface area contributed by atoms with Gasteiger partial charge in [0.15, 0.2) is 0 Å². The maximum atomic E-state index is 13.4. The molecule has 0 amide bonds. The van der Waals surface area contributed by atoms with Gasteiger partial charge in [0.25, 0.3) is 5.69 Å². The number of nitro benzene ring substituents is 1. The number of nitrogens with one attached hydrogen (secondary N) is 1. The molecule has 3 aromatic rings. The van der Waals surface area contributed by atoms with E-state index in [2.05, 4.69) is 10.4 Å². The van der Waals surface area contributed by atoms with Crippen LogP contribution < -0.4 is 10.1 Å². The molecule has 0 aliphatic carbocycles. The van der Waals surface area contributed by atoms with Crippen LogP contribution >= 0.6 is 11.6 Å². The van der Waals surface area contributed by atoms with Gasteiger partial charge in [0.05, 0.1) is 28.8 Å². The number of nitro groups is 1. The highest BCUT2D eigenvalue weighted by atomic mass is 35.5. The van der Waals surface area contributed by atoms with Gasteiger partial charge in [0.2, 0.25) is 0 Å². The Balaban J connectivity index is 2.13. The molecule has 27 heavy (non-hydrogen) atoms. The number of anilines is 2. The first-order valence-corrected chi connectivity index (χ1v) is 8.28. The van der Waals surface area contributed by atoms with Crippen molar-refractivity contribution in [2.24, 2.45) is 7.05 Å². The molecule has 140 valence electrons. The molecule has 9 heteroatoms. The molecule has 1 aromatic heterocycles. The number of benzene rings is 2. The first kappa shape index (κ1) is 18.7. The van der Waals surface area contributed by atoms with E-state index >= 15 is 0 Å². The molecule has 0 saturated heterocycles. The first-order valence-electron chi connectivity index (χ1n) is 7.90. The predicted octanol–water partition coefficient (Wildman–Crippen LogP) is 4.85. The maximum absolute atomic E-state index is 13.4. The Bertz CT molecular complexity index is 1040. The van der Waals surface area contributed by atoms with Crippen LogP contribution in [0.15, 0.2) is 36.4 Å². The second kappa shape index (κ2) is 7.24. The zero-order chi connectivity index (χ0) is 19.7. The van der Waals surface area contributed by atoms with Crippen molar-refractivity contribution in [2.45, 2.75) is 6.92 Å². The standard InChI is InChI=1S/C18H16ClFN4O3/c1-10-17(13-6-4-11(20)8-14(13)19)18(23(2)22-10)21-15-7-5-12(27-3)9-16(15)24(25)26/h4-9,21H,1-3H3. The van der Waals surface area contributed by atoms with Crippen LogP contribution in [0.25, 0.3) is 11.1 Å². The summed E-state index contributed by atoms with van der Waals surface area (Å²) in [5.41, 5.74) is 1.97. The Morgan fingerprint density at radius 3 is 2.67 bits per heavy atom. The van der Waals surface area contributed by atoms with E-state index in [9.17, 15) is 14.5 Å². The minimum atomic E-state index is -0.501. The van der Waals surface area contributed by atoms with Gasteiger partial charge in [-0.05, 0) is 37.3 Å². The number of aryl methyl sites for hydroxylation is 2. The number of hydrogen-bond acceptors (Lipinski definition) is 5. The van der Waals surface area contributed by atoms with Gasteiger partial charge in [-0.2, -0.15) is 5.10 Å². The van der Waals surface area contributed by atoms with Crippen LogP contribution in [0.1, 0.15) is 5.69 Å². The van der Waals surface area contributed by atoms with Crippen molar-refractivity contribution in [3.05, 3.63) is 63.0 Å². The lowest BCUT2D eigenvalue weighted by Gasteiger charge is -2.12. The fraction of sp³-hybridized carbons (Fsp3) is 0.167. The minimum Gasteiger partial charge on any atom is -0.496 e. The summed E-state index contributed by atoms with van der Waals surface area (Å²) in [5, 5.41) is 19.1.